The molecule has 0 aliphatic carbocycles. The van der Waals surface area contributed by atoms with Gasteiger partial charge in [-0.1, -0.05) is 17.7 Å². The fourth-order valence-electron chi connectivity index (χ4n) is 4.36. The Hall–Kier alpha value is -3.89. The molecule has 1 N–H and O–H groups in total. The normalized spacial score (nSPS) is 14.6. The zero-order valence-corrected chi connectivity index (χ0v) is 21.6. The Bertz CT molecular complexity index is 1420. The molecule has 3 aromatic heterocycles. The average Bonchev–Trinajstić information content (AvgIpc) is 3.37. The second-order valence-corrected chi connectivity index (χ2v) is 9.07. The van der Waals surface area contributed by atoms with Crippen molar-refractivity contribution in [3.63, 3.8) is 0 Å². The van der Waals surface area contributed by atoms with Crippen molar-refractivity contribution in [1.29, 1.82) is 0 Å². The van der Waals surface area contributed by atoms with Gasteiger partial charge in [-0.3, -0.25) is 9.20 Å². The monoisotopic (exact) mass is 521 g/mol. The number of pyridine rings is 1. The highest BCUT2D eigenvalue weighted by Gasteiger charge is 2.25. The predicted octanol–water partition coefficient (Wildman–Crippen LogP) is 3.88. The Morgan fingerprint density at radius 1 is 1.08 bits per heavy atom. The van der Waals surface area contributed by atoms with E-state index in [9.17, 15) is 4.79 Å². The number of piperazine rings is 1. The van der Waals surface area contributed by atoms with Gasteiger partial charge >= 0.3 is 0 Å². The van der Waals surface area contributed by atoms with E-state index in [0.29, 0.717) is 35.5 Å². The molecule has 1 aromatic carbocycles. The molecule has 0 radical (unpaired) electrons. The van der Waals surface area contributed by atoms with E-state index in [1.807, 2.05) is 51.9 Å². The number of amides is 1. The summed E-state index contributed by atoms with van der Waals surface area (Å²) in [6, 6.07) is 11.7. The summed E-state index contributed by atoms with van der Waals surface area (Å²) < 4.78 is 12.8. The first-order valence-electron chi connectivity index (χ1n) is 11.9. The lowest BCUT2D eigenvalue weighted by Crippen LogP contribution is -2.51. The summed E-state index contributed by atoms with van der Waals surface area (Å²) in [7, 11) is 3.18. The fraction of sp³-hybridized carbons (Fsp3) is 0.308. The lowest BCUT2D eigenvalue weighted by atomic mass is 10.2. The van der Waals surface area contributed by atoms with Crippen molar-refractivity contribution in [2.75, 3.05) is 50.6 Å². The number of fused-ring (bicyclic) bond motifs is 1. The molecule has 4 aromatic rings. The van der Waals surface area contributed by atoms with E-state index in [-0.39, 0.29) is 5.91 Å². The number of aromatic nitrogens is 4. The maximum absolute atomic E-state index is 12.4. The number of nitrogens with zero attached hydrogens (tertiary/aromatic N) is 6. The van der Waals surface area contributed by atoms with Crippen molar-refractivity contribution in [2.24, 2.45) is 0 Å². The Kier molecular flexibility index (Phi) is 7.11. The van der Waals surface area contributed by atoms with E-state index in [0.717, 1.165) is 35.8 Å². The molecular formula is C26H28ClN7O3. The van der Waals surface area contributed by atoms with Crippen molar-refractivity contribution in [3.8, 4) is 17.1 Å². The average molecular weight is 522 g/mol. The van der Waals surface area contributed by atoms with Crippen molar-refractivity contribution in [3.05, 3.63) is 60.0 Å². The molecule has 1 fully saturated rings. The van der Waals surface area contributed by atoms with Crippen LogP contribution in [-0.4, -0.2) is 76.7 Å². The third-order valence-electron chi connectivity index (χ3n) is 6.49. The van der Waals surface area contributed by atoms with Crippen LogP contribution in [0.15, 0.2) is 55.0 Å². The second kappa shape index (κ2) is 10.6. The summed E-state index contributed by atoms with van der Waals surface area (Å²) in [5, 5.41) is 3.68. The molecule has 0 spiro atoms. The molecule has 1 amide bonds. The largest absolute Gasteiger partial charge is 0.494 e. The molecule has 11 heteroatoms. The van der Waals surface area contributed by atoms with Crippen LogP contribution in [0.4, 0.5) is 17.3 Å². The number of carbonyl (C=O) groups excluding carboxylic acids is 1. The number of anilines is 3. The number of halogens is 1. The smallest absolute Gasteiger partial charge is 0.251 e. The first-order chi connectivity index (χ1) is 18.0. The molecule has 10 nitrogen and oxygen atoms in total. The summed E-state index contributed by atoms with van der Waals surface area (Å²) in [5.74, 6) is 1.06. The molecular weight excluding hydrogens is 494 g/mol. The summed E-state index contributed by atoms with van der Waals surface area (Å²) >= 11 is 6.46. The molecule has 1 unspecified atom stereocenters. The molecule has 0 saturated carbocycles. The summed E-state index contributed by atoms with van der Waals surface area (Å²) in [6.07, 6.45) is 4.80. The highest BCUT2D eigenvalue weighted by Crippen LogP contribution is 2.33. The van der Waals surface area contributed by atoms with E-state index in [1.165, 1.54) is 0 Å². The molecule has 0 bridgehead atoms. The van der Waals surface area contributed by atoms with Gasteiger partial charge in [0, 0.05) is 51.2 Å². The summed E-state index contributed by atoms with van der Waals surface area (Å²) in [4.78, 5) is 29.9. The molecule has 192 valence electrons. The van der Waals surface area contributed by atoms with E-state index in [2.05, 4.69) is 25.2 Å². The van der Waals surface area contributed by atoms with Crippen molar-refractivity contribution in [1.82, 2.24) is 24.3 Å². The van der Waals surface area contributed by atoms with Gasteiger partial charge in [-0.2, -0.15) is 0 Å². The third-order valence-corrected chi connectivity index (χ3v) is 6.77. The second-order valence-electron chi connectivity index (χ2n) is 8.66. The molecule has 1 atom stereocenters. The van der Waals surface area contributed by atoms with Gasteiger partial charge in [-0.25, -0.2) is 15.0 Å². The van der Waals surface area contributed by atoms with Gasteiger partial charge in [0.05, 0.1) is 35.9 Å². The number of benzene rings is 1. The minimum Gasteiger partial charge on any atom is -0.494 e. The van der Waals surface area contributed by atoms with Gasteiger partial charge in [-0.15, -0.1) is 0 Å². The first-order valence-corrected chi connectivity index (χ1v) is 12.3. The zero-order valence-electron chi connectivity index (χ0n) is 20.9. The van der Waals surface area contributed by atoms with Gasteiger partial charge in [-0.05, 0) is 31.2 Å². The van der Waals surface area contributed by atoms with E-state index in [4.69, 9.17) is 21.1 Å². The molecule has 4 heterocycles. The lowest BCUT2D eigenvalue weighted by Gasteiger charge is -2.37. The minimum atomic E-state index is -0.430. The van der Waals surface area contributed by atoms with Gasteiger partial charge in [0.1, 0.15) is 23.2 Å². The first kappa shape index (κ1) is 24.8. The number of carbonyl (C=O) groups is 1. The van der Waals surface area contributed by atoms with Gasteiger partial charge in [0.2, 0.25) is 5.95 Å². The number of hydrogen-bond donors (Lipinski definition) is 1. The number of methoxy groups -OCH3 is 2. The molecule has 1 aliphatic rings. The molecule has 1 aliphatic heterocycles. The Balaban J connectivity index is 1.33. The van der Waals surface area contributed by atoms with E-state index >= 15 is 0 Å². The van der Waals surface area contributed by atoms with E-state index < -0.39 is 6.10 Å². The van der Waals surface area contributed by atoms with Crippen molar-refractivity contribution in [2.45, 2.75) is 13.0 Å². The van der Waals surface area contributed by atoms with Crippen molar-refractivity contribution < 1.29 is 14.3 Å². The maximum Gasteiger partial charge on any atom is 0.251 e. The maximum atomic E-state index is 12.4. The van der Waals surface area contributed by atoms with Gasteiger partial charge in [0.25, 0.3) is 5.91 Å². The van der Waals surface area contributed by atoms with Crippen LogP contribution in [0.1, 0.15) is 6.92 Å². The van der Waals surface area contributed by atoms with Crippen LogP contribution in [0.3, 0.4) is 0 Å². The minimum absolute atomic E-state index is 0.0190. The standard InChI is InChI=1S/C26H28ClN7O3/c1-17(36-2)25(35)33-12-10-32(11-13-33)18-7-8-20(22(14-18)37-3)30-26-29-15-19(27)24(31-26)21-16-28-23-6-4-5-9-34(21)23/h4-9,14-17H,10-13H2,1-3H3,(H,29,30,31). The predicted molar refractivity (Wildman–Crippen MR) is 143 cm³/mol. The van der Waals surface area contributed by atoms with Gasteiger partial charge < -0.3 is 24.6 Å². The molecule has 1 saturated heterocycles. The van der Waals surface area contributed by atoms with Gasteiger partial charge in [0.15, 0.2) is 0 Å². The van der Waals surface area contributed by atoms with Crippen LogP contribution in [-0.2, 0) is 9.53 Å². The number of hydrogen-bond acceptors (Lipinski definition) is 8. The number of imidazole rings is 1. The lowest BCUT2D eigenvalue weighted by molar-refractivity contribution is -0.141. The zero-order chi connectivity index (χ0) is 25.9. The van der Waals surface area contributed by atoms with Crippen LogP contribution in [0, 0.1) is 0 Å². The van der Waals surface area contributed by atoms with Crippen molar-refractivity contribution >= 4 is 40.5 Å². The van der Waals surface area contributed by atoms with Crippen LogP contribution < -0.4 is 15.0 Å². The Labute approximate surface area is 219 Å². The SMILES string of the molecule is COc1cc(N2CCN(C(=O)C(C)OC)CC2)ccc1Nc1ncc(Cl)c(-c2cnc3ccccn23)n1. The van der Waals surface area contributed by atoms with Crippen LogP contribution in [0.25, 0.3) is 17.0 Å². The number of ether oxygens (including phenoxy) is 2. The van der Waals surface area contributed by atoms with Crippen LogP contribution in [0.5, 0.6) is 5.75 Å². The number of rotatable bonds is 7. The Morgan fingerprint density at radius 3 is 2.65 bits per heavy atom. The summed E-state index contributed by atoms with van der Waals surface area (Å²) in [5.41, 5.74) is 3.88. The van der Waals surface area contributed by atoms with Crippen LogP contribution in [0.2, 0.25) is 5.02 Å². The molecule has 37 heavy (non-hydrogen) atoms. The van der Waals surface area contributed by atoms with Crippen LogP contribution >= 0.6 is 11.6 Å². The third kappa shape index (κ3) is 5.03. The topological polar surface area (TPSA) is 97.1 Å². The molecule has 5 rings (SSSR count). The summed E-state index contributed by atoms with van der Waals surface area (Å²) in [6.45, 7) is 4.50. The number of nitrogens with one attached hydrogen (secondary N) is 1. The Morgan fingerprint density at radius 2 is 1.89 bits per heavy atom. The fourth-order valence-corrected chi connectivity index (χ4v) is 4.55. The highest BCUT2D eigenvalue weighted by molar-refractivity contribution is 6.32. The highest BCUT2D eigenvalue weighted by atomic mass is 35.5. The quantitative estimate of drug-likeness (QED) is 0.391. The van der Waals surface area contributed by atoms with E-state index in [1.54, 1.807) is 33.5 Å².